The Bertz CT molecular complexity index is 937. The van der Waals surface area contributed by atoms with Gasteiger partial charge in [-0.15, -0.1) is 0 Å². The lowest BCUT2D eigenvalue weighted by Crippen LogP contribution is -2.38. The molecule has 0 radical (unpaired) electrons. The minimum atomic E-state index is -0.492. The number of H-pyrrole nitrogens is 1. The Kier molecular flexibility index (Phi) is 4.57. The number of aromatic nitrogens is 4. The number of aryl methyl sites for hydroxylation is 1. The number of aromatic amines is 1. The van der Waals surface area contributed by atoms with Crippen LogP contribution >= 0.6 is 0 Å². The molecule has 0 aliphatic carbocycles. The van der Waals surface area contributed by atoms with Gasteiger partial charge in [-0.3, -0.25) is 19.6 Å². The van der Waals surface area contributed by atoms with Crippen LogP contribution in [0.3, 0.4) is 0 Å². The van der Waals surface area contributed by atoms with E-state index in [1.165, 1.54) is 17.1 Å². The van der Waals surface area contributed by atoms with Crippen LogP contribution in [0.5, 0.6) is 0 Å². The molecule has 0 saturated carbocycles. The average molecular weight is 368 g/mol. The van der Waals surface area contributed by atoms with Crippen LogP contribution in [0, 0.1) is 10.1 Å². The first-order valence-electron chi connectivity index (χ1n) is 8.99. The Hall–Kier alpha value is -3.23. The number of nitrogens with one attached hydrogen (secondary N) is 1. The molecule has 1 fully saturated rings. The molecule has 1 saturated heterocycles. The number of hydrogen-bond donors (Lipinski definition) is 1. The molecule has 0 unspecified atom stereocenters. The monoisotopic (exact) mass is 368 g/mol. The molecular weight excluding hydrogens is 348 g/mol. The van der Waals surface area contributed by atoms with Crippen molar-refractivity contribution in [2.45, 2.75) is 31.7 Å². The van der Waals surface area contributed by atoms with Crippen molar-refractivity contribution in [2.24, 2.45) is 0 Å². The summed E-state index contributed by atoms with van der Waals surface area (Å²) >= 11 is 0. The number of rotatable bonds is 5. The number of amides is 1. The SMILES string of the molecule is O=C(CCn1cc([N+](=O)[O-])cn1)N1CCC(c2nc3ccccc3[nH]2)CC1. The van der Waals surface area contributed by atoms with Crippen LogP contribution in [0.2, 0.25) is 0 Å². The molecule has 0 bridgehead atoms. The first-order chi connectivity index (χ1) is 13.1. The number of carbonyl (C=O) groups is 1. The molecule has 4 rings (SSSR count). The summed E-state index contributed by atoms with van der Waals surface area (Å²) in [5, 5.41) is 14.6. The van der Waals surface area contributed by atoms with Crippen molar-refractivity contribution >= 4 is 22.6 Å². The van der Waals surface area contributed by atoms with Crippen molar-refractivity contribution < 1.29 is 9.72 Å². The van der Waals surface area contributed by atoms with Gasteiger partial charge >= 0.3 is 5.69 Å². The molecular formula is C18H20N6O3. The third kappa shape index (κ3) is 3.67. The highest BCUT2D eigenvalue weighted by molar-refractivity contribution is 5.76. The first kappa shape index (κ1) is 17.2. The van der Waals surface area contributed by atoms with Gasteiger partial charge in [0, 0.05) is 32.0 Å². The second-order valence-electron chi connectivity index (χ2n) is 6.76. The second kappa shape index (κ2) is 7.18. The van der Waals surface area contributed by atoms with Gasteiger partial charge in [0.1, 0.15) is 18.2 Å². The van der Waals surface area contributed by atoms with E-state index in [1.54, 1.807) is 0 Å². The number of hydrogen-bond acceptors (Lipinski definition) is 5. The summed E-state index contributed by atoms with van der Waals surface area (Å²) in [6, 6.07) is 7.97. The molecule has 0 atom stereocenters. The van der Waals surface area contributed by atoms with Gasteiger partial charge < -0.3 is 9.88 Å². The predicted molar refractivity (Wildman–Crippen MR) is 98.1 cm³/mol. The normalized spacial score (nSPS) is 15.3. The molecule has 9 heteroatoms. The Labute approximate surface area is 155 Å². The van der Waals surface area contributed by atoms with Crippen molar-refractivity contribution in [3.63, 3.8) is 0 Å². The largest absolute Gasteiger partial charge is 0.343 e. The molecule has 0 spiro atoms. The van der Waals surface area contributed by atoms with E-state index in [1.807, 2.05) is 29.2 Å². The lowest BCUT2D eigenvalue weighted by Gasteiger charge is -2.31. The highest BCUT2D eigenvalue weighted by Crippen LogP contribution is 2.28. The number of likely N-dealkylation sites (tertiary alicyclic amines) is 1. The maximum Gasteiger partial charge on any atom is 0.306 e. The second-order valence-corrected chi connectivity index (χ2v) is 6.76. The lowest BCUT2D eigenvalue weighted by atomic mass is 9.96. The molecule has 1 N–H and O–H groups in total. The zero-order chi connectivity index (χ0) is 18.8. The number of benzene rings is 1. The van der Waals surface area contributed by atoms with Crippen molar-refractivity contribution in [2.75, 3.05) is 13.1 Å². The predicted octanol–water partition coefficient (Wildman–Crippen LogP) is 2.46. The number of imidazole rings is 1. The third-order valence-electron chi connectivity index (χ3n) is 5.03. The van der Waals surface area contributed by atoms with E-state index in [2.05, 4.69) is 15.1 Å². The first-order valence-corrected chi connectivity index (χ1v) is 8.99. The Morgan fingerprint density at radius 1 is 1.30 bits per heavy atom. The standard InChI is InChI=1S/C18H20N6O3/c25-17(7-10-23-12-14(11-19-23)24(26)27)22-8-5-13(6-9-22)18-20-15-3-1-2-4-16(15)21-18/h1-4,11-13H,5-10H2,(H,20,21). The number of nitro groups is 1. The van der Waals surface area contributed by atoms with Crippen LogP contribution in [0.4, 0.5) is 5.69 Å². The maximum absolute atomic E-state index is 12.4. The molecule has 2 aromatic heterocycles. The summed E-state index contributed by atoms with van der Waals surface area (Å²) in [4.78, 5) is 32.5. The van der Waals surface area contributed by atoms with E-state index >= 15 is 0 Å². The Balaban J connectivity index is 1.30. The summed E-state index contributed by atoms with van der Waals surface area (Å²) < 4.78 is 1.44. The number of fused-ring (bicyclic) bond motifs is 1. The van der Waals surface area contributed by atoms with Gasteiger partial charge in [0.05, 0.1) is 16.0 Å². The van der Waals surface area contributed by atoms with Gasteiger partial charge in [-0.05, 0) is 25.0 Å². The quantitative estimate of drug-likeness (QED) is 0.549. The Morgan fingerprint density at radius 2 is 2.07 bits per heavy atom. The zero-order valence-electron chi connectivity index (χ0n) is 14.7. The van der Waals surface area contributed by atoms with Crippen molar-refractivity contribution in [3.05, 3.63) is 52.6 Å². The average Bonchev–Trinajstić information content (AvgIpc) is 3.33. The van der Waals surface area contributed by atoms with Gasteiger partial charge in [0.15, 0.2) is 0 Å². The van der Waals surface area contributed by atoms with E-state index in [-0.39, 0.29) is 18.0 Å². The van der Waals surface area contributed by atoms with E-state index in [0.29, 0.717) is 25.6 Å². The van der Waals surface area contributed by atoms with Crippen molar-refractivity contribution in [1.29, 1.82) is 0 Å². The highest BCUT2D eigenvalue weighted by atomic mass is 16.6. The molecule has 9 nitrogen and oxygen atoms in total. The minimum absolute atomic E-state index is 0.0520. The smallest absolute Gasteiger partial charge is 0.306 e. The summed E-state index contributed by atoms with van der Waals surface area (Å²) in [7, 11) is 0. The third-order valence-corrected chi connectivity index (χ3v) is 5.03. The van der Waals surface area contributed by atoms with Crippen LogP contribution in [0.25, 0.3) is 11.0 Å². The molecule has 1 aliphatic heterocycles. The number of carbonyl (C=O) groups excluding carboxylic acids is 1. The fraction of sp³-hybridized carbons (Fsp3) is 0.389. The molecule has 3 heterocycles. The van der Waals surface area contributed by atoms with Crippen LogP contribution in [-0.4, -0.2) is 48.6 Å². The van der Waals surface area contributed by atoms with Crippen LogP contribution < -0.4 is 0 Å². The van der Waals surface area contributed by atoms with Gasteiger partial charge in [0.25, 0.3) is 0 Å². The number of para-hydroxylation sites is 2. The molecule has 140 valence electrons. The van der Waals surface area contributed by atoms with Crippen LogP contribution in [0.15, 0.2) is 36.7 Å². The molecule has 1 amide bonds. The van der Waals surface area contributed by atoms with Crippen LogP contribution in [0.1, 0.15) is 31.0 Å². The zero-order valence-corrected chi connectivity index (χ0v) is 14.7. The van der Waals surface area contributed by atoms with E-state index in [9.17, 15) is 14.9 Å². The molecule has 27 heavy (non-hydrogen) atoms. The van der Waals surface area contributed by atoms with Crippen molar-refractivity contribution in [3.8, 4) is 0 Å². The summed E-state index contributed by atoms with van der Waals surface area (Å²) in [6.45, 7) is 1.73. The minimum Gasteiger partial charge on any atom is -0.343 e. The van der Waals surface area contributed by atoms with Gasteiger partial charge in [-0.1, -0.05) is 12.1 Å². The summed E-state index contributed by atoms with van der Waals surface area (Å²) in [5.74, 6) is 1.37. The topological polar surface area (TPSA) is 110 Å². The van der Waals surface area contributed by atoms with Gasteiger partial charge in [-0.25, -0.2) is 4.98 Å². The fourth-order valence-corrected chi connectivity index (χ4v) is 3.51. The molecule has 3 aromatic rings. The highest BCUT2D eigenvalue weighted by Gasteiger charge is 2.25. The fourth-order valence-electron chi connectivity index (χ4n) is 3.51. The van der Waals surface area contributed by atoms with Gasteiger partial charge in [0.2, 0.25) is 5.91 Å². The summed E-state index contributed by atoms with van der Waals surface area (Å²) in [6.07, 6.45) is 4.58. The number of piperidine rings is 1. The van der Waals surface area contributed by atoms with E-state index in [0.717, 1.165) is 29.7 Å². The van der Waals surface area contributed by atoms with Crippen molar-refractivity contribution in [1.82, 2.24) is 24.6 Å². The number of nitrogens with zero attached hydrogens (tertiary/aromatic N) is 5. The van der Waals surface area contributed by atoms with Gasteiger partial charge in [-0.2, -0.15) is 5.10 Å². The lowest BCUT2D eigenvalue weighted by molar-refractivity contribution is -0.385. The molecule has 1 aliphatic rings. The maximum atomic E-state index is 12.4. The Morgan fingerprint density at radius 3 is 2.78 bits per heavy atom. The van der Waals surface area contributed by atoms with Crippen LogP contribution in [-0.2, 0) is 11.3 Å². The van der Waals surface area contributed by atoms with E-state index in [4.69, 9.17) is 0 Å². The van der Waals surface area contributed by atoms with E-state index < -0.39 is 4.92 Å². The molecule has 1 aromatic carbocycles. The summed E-state index contributed by atoms with van der Waals surface area (Å²) in [5.41, 5.74) is 1.95.